The van der Waals surface area contributed by atoms with Crippen LogP contribution in [0.15, 0.2) is 0 Å². The Balaban J connectivity index is 3.72. The minimum atomic E-state index is -0.0268. The first-order chi connectivity index (χ1) is 7.52. The molecule has 0 aliphatic rings. The summed E-state index contributed by atoms with van der Waals surface area (Å²) in [7, 11) is 0. The van der Waals surface area contributed by atoms with Gasteiger partial charge in [0.25, 0.3) is 0 Å². The molecule has 0 aliphatic carbocycles. The Hall–Kier alpha value is -1.01. The Morgan fingerprint density at radius 3 is 2.75 bits per heavy atom. The van der Waals surface area contributed by atoms with E-state index in [-0.39, 0.29) is 11.3 Å². The number of amides is 1. The Morgan fingerprint density at radius 2 is 2.19 bits per heavy atom. The second-order valence-corrected chi connectivity index (χ2v) is 4.70. The molecule has 0 saturated carbocycles. The Bertz CT molecular complexity index is 241. The van der Waals surface area contributed by atoms with Crippen molar-refractivity contribution in [1.82, 2.24) is 5.32 Å². The molecule has 0 aromatic carbocycles. The second-order valence-electron chi connectivity index (χ2n) is 4.70. The van der Waals surface area contributed by atoms with E-state index >= 15 is 0 Å². The van der Waals surface area contributed by atoms with Crippen LogP contribution in [0.5, 0.6) is 0 Å². The Morgan fingerprint density at radius 1 is 1.50 bits per heavy atom. The third-order valence-corrected chi connectivity index (χ3v) is 2.10. The fourth-order valence-electron chi connectivity index (χ4n) is 1.16. The van der Waals surface area contributed by atoms with Crippen LogP contribution in [0.2, 0.25) is 0 Å². The average Bonchev–Trinajstić information content (AvgIpc) is 2.24. The van der Waals surface area contributed by atoms with Crippen molar-refractivity contribution in [3.8, 4) is 12.3 Å². The molecule has 0 atom stereocenters. The largest absolute Gasteiger partial charge is 0.381 e. The van der Waals surface area contributed by atoms with E-state index in [1.165, 1.54) is 0 Å². The zero-order valence-corrected chi connectivity index (χ0v) is 10.6. The molecule has 0 rings (SSSR count). The van der Waals surface area contributed by atoms with Crippen molar-refractivity contribution in [2.24, 2.45) is 5.41 Å². The van der Waals surface area contributed by atoms with Gasteiger partial charge >= 0.3 is 0 Å². The summed E-state index contributed by atoms with van der Waals surface area (Å²) in [5.41, 5.74) is -0.0268. The minimum Gasteiger partial charge on any atom is -0.381 e. The van der Waals surface area contributed by atoms with Crippen LogP contribution in [0.3, 0.4) is 0 Å². The highest BCUT2D eigenvalue weighted by molar-refractivity contribution is 5.76. The molecule has 0 aromatic heterocycles. The first kappa shape index (κ1) is 15.0. The van der Waals surface area contributed by atoms with Crippen LogP contribution in [0, 0.1) is 17.8 Å². The van der Waals surface area contributed by atoms with E-state index in [1.54, 1.807) is 0 Å². The van der Waals surface area contributed by atoms with Gasteiger partial charge in [-0.25, -0.2) is 0 Å². The molecule has 1 N–H and O–H groups in total. The third-order valence-electron chi connectivity index (χ3n) is 2.10. The number of carbonyl (C=O) groups is 1. The minimum absolute atomic E-state index is 0.0153. The van der Waals surface area contributed by atoms with Crippen molar-refractivity contribution >= 4 is 5.91 Å². The molecule has 16 heavy (non-hydrogen) atoms. The van der Waals surface area contributed by atoms with Crippen LogP contribution < -0.4 is 5.32 Å². The number of hydrogen-bond acceptors (Lipinski definition) is 2. The van der Waals surface area contributed by atoms with Gasteiger partial charge in [-0.05, 0) is 6.42 Å². The maximum Gasteiger partial charge on any atom is 0.220 e. The van der Waals surface area contributed by atoms with E-state index in [2.05, 4.69) is 32.0 Å². The maximum absolute atomic E-state index is 11.3. The summed E-state index contributed by atoms with van der Waals surface area (Å²) in [6.45, 7) is 8.29. The lowest BCUT2D eigenvalue weighted by molar-refractivity contribution is -0.121. The van der Waals surface area contributed by atoms with Gasteiger partial charge in [0, 0.05) is 31.4 Å². The highest BCUT2D eigenvalue weighted by Gasteiger charge is 2.18. The quantitative estimate of drug-likeness (QED) is 0.506. The molecule has 0 saturated heterocycles. The van der Waals surface area contributed by atoms with Crippen LogP contribution in [0.25, 0.3) is 0 Å². The molecule has 0 bridgehead atoms. The van der Waals surface area contributed by atoms with Crippen LogP contribution in [-0.4, -0.2) is 25.7 Å². The number of carbonyl (C=O) groups excluding carboxylic acids is 1. The van der Waals surface area contributed by atoms with Gasteiger partial charge in [-0.3, -0.25) is 4.79 Å². The van der Waals surface area contributed by atoms with Gasteiger partial charge in [0.2, 0.25) is 5.91 Å². The normalized spacial score (nSPS) is 10.9. The number of nitrogens with one attached hydrogen (secondary N) is 1. The highest BCUT2D eigenvalue weighted by Crippen LogP contribution is 2.14. The van der Waals surface area contributed by atoms with Gasteiger partial charge in [0.05, 0.1) is 6.61 Å². The Labute approximate surface area is 98.9 Å². The van der Waals surface area contributed by atoms with Crippen molar-refractivity contribution in [3.05, 3.63) is 0 Å². The van der Waals surface area contributed by atoms with Crippen molar-refractivity contribution < 1.29 is 9.53 Å². The van der Waals surface area contributed by atoms with Gasteiger partial charge in [0.1, 0.15) is 0 Å². The number of terminal acetylenes is 1. The van der Waals surface area contributed by atoms with Crippen LogP contribution in [0.4, 0.5) is 0 Å². The van der Waals surface area contributed by atoms with E-state index in [4.69, 9.17) is 11.2 Å². The molecule has 3 heteroatoms. The van der Waals surface area contributed by atoms with Crippen molar-refractivity contribution in [1.29, 1.82) is 0 Å². The summed E-state index contributed by atoms with van der Waals surface area (Å²) in [5, 5.41) is 2.87. The number of ether oxygens (including phenoxy) is 1. The van der Waals surface area contributed by atoms with Crippen LogP contribution in [0.1, 0.15) is 40.0 Å². The van der Waals surface area contributed by atoms with E-state index in [0.717, 1.165) is 13.0 Å². The molecule has 92 valence electrons. The fourth-order valence-corrected chi connectivity index (χ4v) is 1.16. The highest BCUT2D eigenvalue weighted by atomic mass is 16.5. The summed E-state index contributed by atoms with van der Waals surface area (Å²) in [6.07, 6.45) is 7.01. The summed E-state index contributed by atoms with van der Waals surface area (Å²) < 4.78 is 5.48. The molecule has 3 nitrogen and oxygen atoms in total. The molecule has 0 unspecified atom stereocenters. The van der Waals surface area contributed by atoms with Crippen molar-refractivity contribution in [2.45, 2.75) is 40.0 Å². The van der Waals surface area contributed by atoms with E-state index in [1.807, 2.05) is 0 Å². The molecule has 0 spiro atoms. The van der Waals surface area contributed by atoms with Gasteiger partial charge in [0.15, 0.2) is 0 Å². The van der Waals surface area contributed by atoms with E-state index < -0.39 is 0 Å². The molecular weight excluding hydrogens is 202 g/mol. The lowest BCUT2D eigenvalue weighted by atomic mass is 9.95. The first-order valence-corrected chi connectivity index (χ1v) is 5.80. The van der Waals surface area contributed by atoms with Gasteiger partial charge < -0.3 is 10.1 Å². The fraction of sp³-hybridized carbons (Fsp3) is 0.769. The predicted molar refractivity (Wildman–Crippen MR) is 66.0 cm³/mol. The van der Waals surface area contributed by atoms with Gasteiger partial charge in [-0.15, -0.1) is 12.3 Å². The van der Waals surface area contributed by atoms with Gasteiger partial charge in [-0.1, -0.05) is 20.8 Å². The van der Waals surface area contributed by atoms with Crippen molar-refractivity contribution in [2.75, 3.05) is 19.8 Å². The van der Waals surface area contributed by atoms with Crippen LogP contribution in [-0.2, 0) is 9.53 Å². The van der Waals surface area contributed by atoms with E-state index in [9.17, 15) is 4.79 Å². The topological polar surface area (TPSA) is 38.3 Å². The second kappa shape index (κ2) is 8.18. The van der Waals surface area contributed by atoms with E-state index in [0.29, 0.717) is 26.0 Å². The first-order valence-electron chi connectivity index (χ1n) is 5.80. The predicted octanol–water partition coefficient (Wildman–Crippen LogP) is 1.97. The summed E-state index contributed by atoms with van der Waals surface area (Å²) >= 11 is 0. The lowest BCUT2D eigenvalue weighted by Gasteiger charge is -2.24. The lowest BCUT2D eigenvalue weighted by Crippen LogP contribution is -2.36. The summed E-state index contributed by atoms with van der Waals surface area (Å²) in [6, 6.07) is 0. The average molecular weight is 225 g/mol. The zero-order valence-electron chi connectivity index (χ0n) is 10.6. The molecular formula is C13H23NO2. The summed E-state index contributed by atoms with van der Waals surface area (Å²) in [4.78, 5) is 11.3. The SMILES string of the molecule is C#CCCC(=O)NCC(C)(C)COCCC. The molecule has 1 amide bonds. The standard InChI is InChI=1S/C13H23NO2/c1-5-7-8-12(15)14-10-13(3,4)11-16-9-6-2/h1H,6-11H2,2-4H3,(H,14,15). The summed E-state index contributed by atoms with van der Waals surface area (Å²) in [5.74, 6) is 2.47. The molecule has 0 aliphatic heterocycles. The Kier molecular flexibility index (Phi) is 7.66. The molecule has 0 fully saturated rings. The van der Waals surface area contributed by atoms with Crippen molar-refractivity contribution in [3.63, 3.8) is 0 Å². The molecule has 0 heterocycles. The molecule has 0 radical (unpaired) electrons. The smallest absolute Gasteiger partial charge is 0.220 e. The maximum atomic E-state index is 11.3. The zero-order chi connectivity index (χ0) is 12.4. The third kappa shape index (κ3) is 8.31. The number of hydrogen-bond donors (Lipinski definition) is 1. The molecule has 0 aromatic rings. The number of rotatable bonds is 8. The van der Waals surface area contributed by atoms with Crippen LogP contribution >= 0.6 is 0 Å². The monoisotopic (exact) mass is 225 g/mol. The van der Waals surface area contributed by atoms with Gasteiger partial charge in [-0.2, -0.15) is 0 Å².